The van der Waals surface area contributed by atoms with Crippen molar-refractivity contribution in [1.29, 1.82) is 0 Å². The molecule has 3 heteroatoms. The second kappa shape index (κ2) is 5.91. The fourth-order valence-electron chi connectivity index (χ4n) is 1.51. The molecule has 0 spiro atoms. The molecule has 15 heavy (non-hydrogen) atoms. The number of hydrogen-bond acceptors (Lipinski definition) is 2. The number of carbonyl (C=O) groups is 1. The molecule has 1 rings (SSSR count). The van der Waals surface area contributed by atoms with Crippen LogP contribution in [0.5, 0.6) is 0 Å². The molecular formula is C12H22N2O. The van der Waals surface area contributed by atoms with Gasteiger partial charge in [-0.2, -0.15) is 0 Å². The summed E-state index contributed by atoms with van der Waals surface area (Å²) in [6.07, 6.45) is 4.23. The van der Waals surface area contributed by atoms with Crippen LogP contribution < -0.4 is 5.32 Å². The monoisotopic (exact) mass is 210 g/mol. The van der Waals surface area contributed by atoms with Crippen molar-refractivity contribution in [3.8, 4) is 0 Å². The van der Waals surface area contributed by atoms with Crippen LogP contribution in [0.4, 0.5) is 0 Å². The molecule has 1 atom stereocenters. The van der Waals surface area contributed by atoms with Crippen LogP contribution in [-0.4, -0.2) is 36.5 Å². The highest BCUT2D eigenvalue weighted by atomic mass is 16.2. The smallest absolute Gasteiger partial charge is 0.236 e. The quantitative estimate of drug-likeness (QED) is 0.714. The summed E-state index contributed by atoms with van der Waals surface area (Å²) >= 11 is 0. The largest absolute Gasteiger partial charge is 0.338 e. The lowest BCUT2D eigenvalue weighted by Crippen LogP contribution is -2.42. The Morgan fingerprint density at radius 2 is 2.40 bits per heavy atom. The van der Waals surface area contributed by atoms with Gasteiger partial charge in [0.25, 0.3) is 0 Å². The van der Waals surface area contributed by atoms with E-state index in [2.05, 4.69) is 32.2 Å². The van der Waals surface area contributed by atoms with Crippen LogP contribution in [0.15, 0.2) is 11.6 Å². The highest BCUT2D eigenvalue weighted by Gasteiger charge is 2.15. The minimum Gasteiger partial charge on any atom is -0.338 e. The third-order valence-corrected chi connectivity index (χ3v) is 3.00. The van der Waals surface area contributed by atoms with E-state index >= 15 is 0 Å². The van der Waals surface area contributed by atoms with Crippen LogP contribution in [0, 0.1) is 0 Å². The Bertz CT molecular complexity index is 248. The molecule has 0 radical (unpaired) electrons. The average Bonchev–Trinajstić information content (AvgIpc) is 2.26. The van der Waals surface area contributed by atoms with Crippen molar-refractivity contribution >= 4 is 5.91 Å². The minimum absolute atomic E-state index is 0.221. The first-order valence-corrected chi connectivity index (χ1v) is 5.80. The summed E-state index contributed by atoms with van der Waals surface area (Å²) in [7, 11) is 0. The number of rotatable bonds is 4. The maximum atomic E-state index is 11.8. The van der Waals surface area contributed by atoms with E-state index in [9.17, 15) is 4.79 Å². The van der Waals surface area contributed by atoms with E-state index in [1.807, 2.05) is 4.90 Å². The molecular weight excluding hydrogens is 188 g/mol. The van der Waals surface area contributed by atoms with Crippen molar-refractivity contribution in [3.63, 3.8) is 0 Å². The molecule has 1 unspecified atom stereocenters. The molecule has 0 aromatic rings. The highest BCUT2D eigenvalue weighted by Crippen LogP contribution is 2.09. The normalized spacial score (nSPS) is 18.6. The van der Waals surface area contributed by atoms with Crippen molar-refractivity contribution in [3.05, 3.63) is 11.6 Å². The molecule has 1 heterocycles. The predicted octanol–water partition coefficient (Wildman–Crippen LogP) is 1.55. The Hall–Kier alpha value is -0.830. The third-order valence-electron chi connectivity index (χ3n) is 3.00. The average molecular weight is 210 g/mol. The molecule has 0 saturated carbocycles. The molecule has 0 aromatic heterocycles. The predicted molar refractivity (Wildman–Crippen MR) is 62.7 cm³/mol. The summed E-state index contributed by atoms with van der Waals surface area (Å²) in [5.41, 5.74) is 1.40. The molecule has 86 valence electrons. The third kappa shape index (κ3) is 4.04. The van der Waals surface area contributed by atoms with Gasteiger partial charge in [0.1, 0.15) is 0 Å². The van der Waals surface area contributed by atoms with Crippen LogP contribution in [0.25, 0.3) is 0 Å². The second-order valence-corrected chi connectivity index (χ2v) is 4.33. The lowest BCUT2D eigenvalue weighted by Gasteiger charge is -2.26. The summed E-state index contributed by atoms with van der Waals surface area (Å²) < 4.78 is 0. The Morgan fingerprint density at radius 3 is 2.93 bits per heavy atom. The standard InChI is InChI=1S/C12H22N2O/c1-4-11(3)13-9-12(15)14-7-5-10(2)6-8-14/h5,11,13H,4,6-9H2,1-3H3. The van der Waals surface area contributed by atoms with Crippen LogP contribution >= 0.6 is 0 Å². The lowest BCUT2D eigenvalue weighted by molar-refractivity contribution is -0.130. The molecule has 0 bridgehead atoms. The molecule has 1 aliphatic heterocycles. The number of nitrogens with zero attached hydrogens (tertiary/aromatic N) is 1. The number of amides is 1. The lowest BCUT2D eigenvalue weighted by atomic mass is 10.1. The van der Waals surface area contributed by atoms with Gasteiger partial charge in [-0.25, -0.2) is 0 Å². The summed E-state index contributed by atoms with van der Waals surface area (Å²) in [5.74, 6) is 0.221. The Kier molecular flexibility index (Phi) is 4.82. The van der Waals surface area contributed by atoms with Gasteiger partial charge in [0.15, 0.2) is 0 Å². The Labute approximate surface area is 92.5 Å². The molecule has 1 N–H and O–H groups in total. The summed E-state index contributed by atoms with van der Waals surface area (Å²) in [5, 5.41) is 3.23. The van der Waals surface area contributed by atoms with Gasteiger partial charge in [-0.15, -0.1) is 0 Å². The molecule has 1 aliphatic rings. The van der Waals surface area contributed by atoms with Gasteiger partial charge in [0.2, 0.25) is 5.91 Å². The molecule has 0 saturated heterocycles. The van der Waals surface area contributed by atoms with E-state index < -0.39 is 0 Å². The maximum Gasteiger partial charge on any atom is 0.236 e. The van der Waals surface area contributed by atoms with E-state index in [0.29, 0.717) is 12.6 Å². The summed E-state index contributed by atoms with van der Waals surface area (Å²) in [6, 6.07) is 0.427. The zero-order valence-electron chi connectivity index (χ0n) is 10.0. The fraction of sp³-hybridized carbons (Fsp3) is 0.750. The maximum absolute atomic E-state index is 11.8. The number of hydrogen-bond donors (Lipinski definition) is 1. The van der Waals surface area contributed by atoms with Crippen molar-refractivity contribution in [1.82, 2.24) is 10.2 Å². The van der Waals surface area contributed by atoms with E-state index in [1.165, 1.54) is 5.57 Å². The summed E-state index contributed by atoms with van der Waals surface area (Å²) in [4.78, 5) is 13.7. The van der Waals surface area contributed by atoms with Gasteiger partial charge >= 0.3 is 0 Å². The molecule has 0 aromatic carbocycles. The van der Waals surface area contributed by atoms with Gasteiger partial charge in [-0.1, -0.05) is 18.6 Å². The van der Waals surface area contributed by atoms with Gasteiger partial charge in [-0.3, -0.25) is 4.79 Å². The van der Waals surface area contributed by atoms with Crippen LogP contribution in [0.2, 0.25) is 0 Å². The van der Waals surface area contributed by atoms with Crippen molar-refractivity contribution in [2.45, 2.75) is 39.7 Å². The first kappa shape index (κ1) is 12.2. The van der Waals surface area contributed by atoms with Crippen LogP contribution in [0.3, 0.4) is 0 Å². The van der Waals surface area contributed by atoms with Gasteiger partial charge in [0, 0.05) is 19.1 Å². The topological polar surface area (TPSA) is 32.3 Å². The minimum atomic E-state index is 0.221. The highest BCUT2D eigenvalue weighted by molar-refractivity contribution is 5.78. The van der Waals surface area contributed by atoms with Gasteiger partial charge in [0.05, 0.1) is 6.54 Å². The van der Waals surface area contributed by atoms with Crippen molar-refractivity contribution in [2.75, 3.05) is 19.6 Å². The molecule has 1 amide bonds. The molecule has 0 aliphatic carbocycles. The van der Waals surface area contributed by atoms with Crippen LogP contribution in [0.1, 0.15) is 33.6 Å². The van der Waals surface area contributed by atoms with Crippen molar-refractivity contribution < 1.29 is 4.79 Å². The zero-order valence-corrected chi connectivity index (χ0v) is 10.0. The molecule has 3 nitrogen and oxygen atoms in total. The fourth-order valence-corrected chi connectivity index (χ4v) is 1.51. The van der Waals surface area contributed by atoms with Gasteiger partial charge < -0.3 is 10.2 Å². The first-order chi connectivity index (χ1) is 7.13. The van der Waals surface area contributed by atoms with Crippen LogP contribution in [-0.2, 0) is 4.79 Å². The van der Waals surface area contributed by atoms with E-state index in [-0.39, 0.29) is 5.91 Å². The number of carbonyl (C=O) groups excluding carboxylic acids is 1. The number of nitrogens with one attached hydrogen (secondary N) is 1. The van der Waals surface area contributed by atoms with E-state index in [0.717, 1.165) is 25.9 Å². The van der Waals surface area contributed by atoms with E-state index in [4.69, 9.17) is 0 Å². The second-order valence-electron chi connectivity index (χ2n) is 4.33. The van der Waals surface area contributed by atoms with Crippen molar-refractivity contribution in [2.24, 2.45) is 0 Å². The van der Waals surface area contributed by atoms with Gasteiger partial charge in [-0.05, 0) is 26.7 Å². The Balaban J connectivity index is 2.29. The van der Waals surface area contributed by atoms with E-state index in [1.54, 1.807) is 0 Å². The zero-order chi connectivity index (χ0) is 11.3. The Morgan fingerprint density at radius 1 is 1.67 bits per heavy atom. The summed E-state index contributed by atoms with van der Waals surface area (Å²) in [6.45, 7) is 8.49. The first-order valence-electron chi connectivity index (χ1n) is 5.80. The molecule has 0 fully saturated rings. The SMILES string of the molecule is CCC(C)NCC(=O)N1CC=C(C)CC1.